The normalized spacial score (nSPS) is 10.6. The Morgan fingerprint density at radius 3 is 2.82 bits per heavy atom. The molecule has 1 aromatic heterocycles. The van der Waals surface area contributed by atoms with Gasteiger partial charge in [0, 0.05) is 0 Å². The van der Waals surface area contributed by atoms with Gasteiger partial charge in [-0.25, -0.2) is 0 Å². The van der Waals surface area contributed by atoms with Crippen LogP contribution < -0.4 is 0 Å². The fraction of sp³-hybridized carbons (Fsp3) is 0. The Morgan fingerprint density at radius 1 is 1.64 bits per heavy atom. The molecule has 0 bridgehead atoms. The van der Waals surface area contributed by atoms with Crippen LogP contribution in [0.1, 0.15) is 5.76 Å². The van der Waals surface area contributed by atoms with E-state index in [-0.39, 0.29) is 0 Å². The average Bonchev–Trinajstić information content (AvgIpc) is 2.31. The molecule has 1 heterocycles. The molecule has 0 fully saturated rings. The van der Waals surface area contributed by atoms with Crippen molar-refractivity contribution in [2.75, 3.05) is 0 Å². The minimum absolute atomic E-state index is 0.492. The fourth-order valence-corrected chi connectivity index (χ4v) is 0.986. The van der Waals surface area contributed by atoms with E-state index in [1.807, 2.05) is 22.6 Å². The van der Waals surface area contributed by atoms with Crippen molar-refractivity contribution in [3.05, 3.63) is 38.0 Å². The summed E-state index contributed by atoms with van der Waals surface area (Å²) in [7, 11) is 0. The van der Waals surface area contributed by atoms with Crippen LogP contribution >= 0.6 is 22.6 Å². The van der Waals surface area contributed by atoms with Gasteiger partial charge in [-0.1, -0.05) is 0 Å². The molecule has 11 heavy (non-hydrogen) atoms. The molecule has 1 aromatic rings. The highest BCUT2D eigenvalue weighted by Gasteiger charge is 1.95. The summed E-state index contributed by atoms with van der Waals surface area (Å²) in [6, 6.07) is 3.40. The Bertz CT molecular complexity index is 292. The monoisotopic (exact) mass is 265 g/mol. The first kappa shape index (κ1) is 8.25. The van der Waals surface area contributed by atoms with E-state index in [1.165, 1.54) is 6.08 Å². The van der Waals surface area contributed by atoms with Crippen LogP contribution in [-0.2, 0) is 0 Å². The highest BCUT2D eigenvalue weighted by Crippen LogP contribution is 2.10. The number of halogens is 1. The summed E-state index contributed by atoms with van der Waals surface area (Å²) in [6.07, 6.45) is 2.15. The average molecular weight is 265 g/mol. The van der Waals surface area contributed by atoms with Gasteiger partial charge in [0.15, 0.2) is 3.77 Å². The number of nitrogens with zero attached hydrogens (tertiary/aromatic N) is 1. The highest BCUT2D eigenvalue weighted by molar-refractivity contribution is 14.1. The van der Waals surface area contributed by atoms with Gasteiger partial charge in [-0.15, -0.1) is 0 Å². The molecule has 0 aliphatic heterocycles. The number of hydrogen-bond donors (Lipinski definition) is 0. The van der Waals surface area contributed by atoms with Crippen molar-refractivity contribution < 1.29 is 9.34 Å². The van der Waals surface area contributed by atoms with Gasteiger partial charge < -0.3 is 4.42 Å². The first-order valence-corrected chi connectivity index (χ1v) is 3.83. The van der Waals surface area contributed by atoms with Gasteiger partial charge in [0.25, 0.3) is 0 Å². The molecule has 4 nitrogen and oxygen atoms in total. The quantitative estimate of drug-likeness (QED) is 0.467. The molecule has 0 spiro atoms. The molecule has 5 heteroatoms. The molecule has 0 amide bonds. The molecule has 0 saturated carbocycles. The Kier molecular flexibility index (Phi) is 2.64. The molecule has 0 radical (unpaired) electrons. The first-order valence-electron chi connectivity index (χ1n) is 2.75. The molecule has 0 aromatic carbocycles. The van der Waals surface area contributed by atoms with E-state index in [0.29, 0.717) is 9.53 Å². The predicted molar refractivity (Wildman–Crippen MR) is 47.5 cm³/mol. The summed E-state index contributed by atoms with van der Waals surface area (Å²) in [5.41, 5.74) is 0. The fourth-order valence-electron chi connectivity index (χ4n) is 0.552. The molecule has 0 unspecified atom stereocenters. The van der Waals surface area contributed by atoms with Crippen LogP contribution in [0.3, 0.4) is 0 Å². The van der Waals surface area contributed by atoms with Crippen LogP contribution in [0, 0.1) is 13.9 Å². The topological polar surface area (TPSA) is 56.3 Å². The third-order valence-corrected chi connectivity index (χ3v) is 1.53. The molecular formula is C6H4INO3. The Balaban J connectivity index is 2.71. The van der Waals surface area contributed by atoms with Crippen LogP contribution in [-0.4, -0.2) is 4.92 Å². The van der Waals surface area contributed by atoms with E-state index in [2.05, 4.69) is 0 Å². The number of rotatable bonds is 2. The van der Waals surface area contributed by atoms with Crippen molar-refractivity contribution in [1.82, 2.24) is 0 Å². The Labute approximate surface area is 76.2 Å². The smallest absolute Gasteiger partial charge is 0.238 e. The maximum Gasteiger partial charge on any atom is 0.238 e. The Hall–Kier alpha value is -0.850. The van der Waals surface area contributed by atoms with Gasteiger partial charge in [0.2, 0.25) is 6.20 Å². The van der Waals surface area contributed by atoms with Crippen LogP contribution in [0.25, 0.3) is 6.08 Å². The van der Waals surface area contributed by atoms with Gasteiger partial charge in [0.1, 0.15) is 5.76 Å². The zero-order chi connectivity index (χ0) is 8.27. The van der Waals surface area contributed by atoms with E-state index < -0.39 is 4.92 Å². The van der Waals surface area contributed by atoms with E-state index >= 15 is 0 Å². The standard InChI is InChI=1S/C6H4INO3/c7-6-2-1-5(11-6)3-4-8(9)10/h1-4H/b4-3+. The number of furan rings is 1. The summed E-state index contributed by atoms with van der Waals surface area (Å²) in [4.78, 5) is 9.32. The van der Waals surface area contributed by atoms with E-state index in [4.69, 9.17) is 4.42 Å². The van der Waals surface area contributed by atoms with Crippen LogP contribution in [0.2, 0.25) is 0 Å². The molecular weight excluding hydrogens is 261 g/mol. The van der Waals surface area contributed by atoms with Crippen molar-refractivity contribution in [3.63, 3.8) is 0 Å². The van der Waals surface area contributed by atoms with Gasteiger partial charge in [-0.2, -0.15) is 0 Å². The maximum absolute atomic E-state index is 9.85. The summed E-state index contributed by atoms with van der Waals surface area (Å²) < 4.78 is 5.74. The van der Waals surface area contributed by atoms with Crippen molar-refractivity contribution in [1.29, 1.82) is 0 Å². The van der Waals surface area contributed by atoms with Crippen molar-refractivity contribution in [2.45, 2.75) is 0 Å². The predicted octanol–water partition coefficient (Wildman–Crippen LogP) is 2.13. The van der Waals surface area contributed by atoms with Gasteiger partial charge in [0.05, 0.1) is 11.0 Å². The third-order valence-electron chi connectivity index (χ3n) is 0.955. The van der Waals surface area contributed by atoms with E-state index in [1.54, 1.807) is 12.1 Å². The Morgan fingerprint density at radius 2 is 2.36 bits per heavy atom. The second-order valence-electron chi connectivity index (χ2n) is 1.74. The molecule has 0 aliphatic rings. The summed E-state index contributed by atoms with van der Waals surface area (Å²) in [5.74, 6) is 0.492. The minimum atomic E-state index is -0.532. The molecule has 0 atom stereocenters. The summed E-state index contributed by atoms with van der Waals surface area (Å²) in [6.45, 7) is 0. The molecule has 58 valence electrons. The molecule has 0 N–H and O–H groups in total. The van der Waals surface area contributed by atoms with Crippen LogP contribution in [0.15, 0.2) is 22.7 Å². The zero-order valence-corrected chi connectivity index (χ0v) is 7.52. The summed E-state index contributed by atoms with van der Waals surface area (Å²) in [5, 5.41) is 9.85. The van der Waals surface area contributed by atoms with E-state index in [0.717, 1.165) is 6.20 Å². The maximum atomic E-state index is 9.85. The van der Waals surface area contributed by atoms with Gasteiger partial charge in [-0.3, -0.25) is 10.1 Å². The molecule has 0 aliphatic carbocycles. The first-order chi connectivity index (χ1) is 5.18. The van der Waals surface area contributed by atoms with Crippen molar-refractivity contribution >= 4 is 28.7 Å². The van der Waals surface area contributed by atoms with Gasteiger partial charge >= 0.3 is 0 Å². The van der Waals surface area contributed by atoms with Crippen molar-refractivity contribution in [2.24, 2.45) is 0 Å². The molecule has 1 rings (SSSR count). The summed E-state index contributed by atoms with van der Waals surface area (Å²) >= 11 is 1.99. The second-order valence-corrected chi connectivity index (χ2v) is 2.81. The zero-order valence-electron chi connectivity index (χ0n) is 5.36. The lowest BCUT2D eigenvalue weighted by atomic mass is 10.4. The lowest BCUT2D eigenvalue weighted by Crippen LogP contribution is -1.80. The third kappa shape index (κ3) is 2.71. The second kappa shape index (κ2) is 3.51. The van der Waals surface area contributed by atoms with Crippen LogP contribution in [0.5, 0.6) is 0 Å². The minimum Gasteiger partial charge on any atom is -0.451 e. The van der Waals surface area contributed by atoms with E-state index in [9.17, 15) is 10.1 Å². The number of hydrogen-bond acceptors (Lipinski definition) is 3. The lowest BCUT2D eigenvalue weighted by Gasteiger charge is -1.79. The van der Waals surface area contributed by atoms with Crippen LogP contribution in [0.4, 0.5) is 0 Å². The highest BCUT2D eigenvalue weighted by atomic mass is 127. The van der Waals surface area contributed by atoms with Gasteiger partial charge in [-0.05, 0) is 34.7 Å². The largest absolute Gasteiger partial charge is 0.451 e. The van der Waals surface area contributed by atoms with Crippen molar-refractivity contribution in [3.8, 4) is 0 Å². The SMILES string of the molecule is O=[N+]([O-])/C=C/c1ccc(I)o1. The lowest BCUT2D eigenvalue weighted by molar-refractivity contribution is -0.401. The number of nitro groups is 1. The molecule has 0 saturated heterocycles.